The molecule has 2 aromatic carbocycles. The molecule has 1 N–H and O–H groups in total. The van der Waals surface area contributed by atoms with Crippen molar-refractivity contribution in [1.29, 1.82) is 0 Å². The summed E-state index contributed by atoms with van der Waals surface area (Å²) in [5.41, 5.74) is 1.01. The zero-order valence-corrected chi connectivity index (χ0v) is 12.4. The minimum atomic E-state index is -3.53. The number of ether oxygens (including phenoxy) is 1. The van der Waals surface area contributed by atoms with Gasteiger partial charge in [-0.15, -0.1) is 0 Å². The molecule has 4 nitrogen and oxygen atoms in total. The molecule has 0 aliphatic heterocycles. The van der Waals surface area contributed by atoms with E-state index >= 15 is 0 Å². The maximum Gasteiger partial charge on any atom is 0.236 e. The largest absolute Gasteiger partial charge is 0.497 e. The van der Waals surface area contributed by atoms with E-state index in [0.717, 1.165) is 0 Å². The van der Waals surface area contributed by atoms with Crippen LogP contribution in [0.25, 0.3) is 0 Å². The van der Waals surface area contributed by atoms with Gasteiger partial charge >= 0.3 is 0 Å². The van der Waals surface area contributed by atoms with E-state index in [9.17, 15) is 8.42 Å². The maximum absolute atomic E-state index is 12.1. The van der Waals surface area contributed by atoms with Crippen LogP contribution in [0.5, 0.6) is 5.75 Å². The number of benzene rings is 2. The van der Waals surface area contributed by atoms with Crippen LogP contribution < -0.4 is 9.46 Å². The summed E-state index contributed by atoms with van der Waals surface area (Å²) in [5.74, 6) is 0.409. The summed E-state index contributed by atoms with van der Waals surface area (Å²) < 4.78 is 31.8. The third-order valence-corrected chi connectivity index (χ3v) is 4.25. The van der Waals surface area contributed by atoms with Crippen LogP contribution in [0.1, 0.15) is 5.56 Å². The van der Waals surface area contributed by atoms with Crippen molar-refractivity contribution in [3.63, 3.8) is 0 Å². The van der Waals surface area contributed by atoms with Crippen molar-refractivity contribution in [3.05, 3.63) is 59.1 Å². The molecule has 0 saturated heterocycles. The molecule has 0 amide bonds. The molecule has 0 unspecified atom stereocenters. The van der Waals surface area contributed by atoms with E-state index < -0.39 is 10.0 Å². The highest BCUT2D eigenvalue weighted by atomic mass is 35.5. The van der Waals surface area contributed by atoms with Crippen molar-refractivity contribution in [2.45, 2.75) is 5.75 Å². The van der Waals surface area contributed by atoms with Gasteiger partial charge in [0.1, 0.15) is 5.75 Å². The Morgan fingerprint density at radius 3 is 2.60 bits per heavy atom. The lowest BCUT2D eigenvalue weighted by molar-refractivity contribution is 0.415. The standard InChI is InChI=1S/C14H14ClNO3S/c1-19-13-7-4-6-12(9-13)16-20(17,18)10-11-5-2-3-8-14(11)15/h2-9,16H,10H2,1H3. The molecular weight excluding hydrogens is 298 g/mol. The van der Waals surface area contributed by atoms with Crippen LogP contribution in [-0.2, 0) is 15.8 Å². The number of sulfonamides is 1. The van der Waals surface area contributed by atoms with Crippen LogP contribution in [0.3, 0.4) is 0 Å². The van der Waals surface area contributed by atoms with Crippen LogP contribution in [0.15, 0.2) is 48.5 Å². The van der Waals surface area contributed by atoms with E-state index in [2.05, 4.69) is 4.72 Å². The highest BCUT2D eigenvalue weighted by molar-refractivity contribution is 7.91. The second-order valence-corrected chi connectivity index (χ2v) is 6.31. The van der Waals surface area contributed by atoms with Crippen LogP contribution in [0, 0.1) is 0 Å². The first kappa shape index (κ1) is 14.7. The lowest BCUT2D eigenvalue weighted by atomic mass is 10.2. The van der Waals surface area contributed by atoms with Crippen LogP contribution in [-0.4, -0.2) is 15.5 Å². The second-order valence-electron chi connectivity index (χ2n) is 4.18. The zero-order chi connectivity index (χ0) is 14.6. The smallest absolute Gasteiger partial charge is 0.236 e. The summed E-state index contributed by atoms with van der Waals surface area (Å²) in [6, 6.07) is 13.6. The van der Waals surface area contributed by atoms with Gasteiger partial charge in [-0.2, -0.15) is 0 Å². The lowest BCUT2D eigenvalue weighted by Gasteiger charge is -2.10. The van der Waals surface area contributed by atoms with Crippen molar-refractivity contribution in [2.75, 3.05) is 11.8 Å². The first-order valence-corrected chi connectivity index (χ1v) is 7.91. The summed E-state index contributed by atoms with van der Waals surface area (Å²) in [7, 11) is -2.00. The second kappa shape index (κ2) is 6.15. The average Bonchev–Trinajstić information content (AvgIpc) is 2.41. The molecule has 0 spiro atoms. The number of rotatable bonds is 5. The molecule has 2 aromatic rings. The predicted octanol–water partition coefficient (Wildman–Crippen LogP) is 3.29. The van der Waals surface area contributed by atoms with Gasteiger partial charge in [0.2, 0.25) is 10.0 Å². The maximum atomic E-state index is 12.1. The molecule has 2 rings (SSSR count). The number of hydrogen-bond acceptors (Lipinski definition) is 3. The fourth-order valence-electron chi connectivity index (χ4n) is 1.72. The van der Waals surface area contributed by atoms with E-state index in [1.165, 1.54) is 7.11 Å². The Hall–Kier alpha value is -1.72. The summed E-state index contributed by atoms with van der Waals surface area (Å²) >= 11 is 5.97. The summed E-state index contributed by atoms with van der Waals surface area (Å²) in [5, 5.41) is 0.434. The molecule has 0 aliphatic rings. The topological polar surface area (TPSA) is 55.4 Å². The number of anilines is 1. The highest BCUT2D eigenvalue weighted by Crippen LogP contribution is 2.21. The Bertz CT molecular complexity index is 701. The van der Waals surface area contributed by atoms with Gasteiger partial charge in [0, 0.05) is 11.1 Å². The molecule has 0 atom stereocenters. The quantitative estimate of drug-likeness (QED) is 0.922. The Morgan fingerprint density at radius 2 is 1.90 bits per heavy atom. The Balaban J connectivity index is 2.17. The van der Waals surface area contributed by atoms with E-state index in [-0.39, 0.29) is 5.75 Å². The summed E-state index contributed by atoms with van der Waals surface area (Å²) in [6.45, 7) is 0. The van der Waals surface area contributed by atoms with Gasteiger partial charge in [-0.1, -0.05) is 35.9 Å². The average molecular weight is 312 g/mol. The molecule has 0 heterocycles. The number of methoxy groups -OCH3 is 1. The monoisotopic (exact) mass is 311 g/mol. The molecule has 0 saturated carbocycles. The molecule has 6 heteroatoms. The van der Waals surface area contributed by atoms with Crippen LogP contribution in [0.4, 0.5) is 5.69 Å². The molecule has 0 aliphatic carbocycles. The molecular formula is C14H14ClNO3S. The molecule has 0 fully saturated rings. The number of hydrogen-bond donors (Lipinski definition) is 1. The first-order chi connectivity index (χ1) is 9.50. The normalized spacial score (nSPS) is 11.1. The summed E-state index contributed by atoms with van der Waals surface area (Å²) in [4.78, 5) is 0. The van der Waals surface area contributed by atoms with Crippen LogP contribution in [0.2, 0.25) is 5.02 Å². The molecule has 0 radical (unpaired) electrons. The van der Waals surface area contributed by atoms with Crippen molar-refractivity contribution in [1.82, 2.24) is 0 Å². The Morgan fingerprint density at radius 1 is 1.15 bits per heavy atom. The SMILES string of the molecule is COc1cccc(NS(=O)(=O)Cc2ccccc2Cl)c1. The number of nitrogens with one attached hydrogen (secondary N) is 1. The van der Waals surface area contributed by atoms with Gasteiger partial charge in [-0.05, 0) is 23.8 Å². The zero-order valence-electron chi connectivity index (χ0n) is 10.8. The minimum Gasteiger partial charge on any atom is -0.497 e. The van der Waals surface area contributed by atoms with E-state index in [1.54, 1.807) is 48.5 Å². The molecule has 106 valence electrons. The van der Waals surface area contributed by atoms with E-state index in [4.69, 9.17) is 16.3 Å². The number of halogens is 1. The van der Waals surface area contributed by atoms with Gasteiger partial charge in [0.15, 0.2) is 0 Å². The van der Waals surface area contributed by atoms with E-state index in [0.29, 0.717) is 22.0 Å². The third-order valence-electron chi connectivity index (χ3n) is 2.65. The first-order valence-electron chi connectivity index (χ1n) is 5.88. The van der Waals surface area contributed by atoms with Crippen LogP contribution >= 0.6 is 11.6 Å². The van der Waals surface area contributed by atoms with Gasteiger partial charge < -0.3 is 4.74 Å². The lowest BCUT2D eigenvalue weighted by Crippen LogP contribution is -2.15. The van der Waals surface area contributed by atoms with Crippen molar-refractivity contribution < 1.29 is 13.2 Å². The highest BCUT2D eigenvalue weighted by Gasteiger charge is 2.14. The van der Waals surface area contributed by atoms with Gasteiger partial charge in [-0.25, -0.2) is 8.42 Å². The minimum absolute atomic E-state index is 0.177. The third kappa shape index (κ3) is 3.88. The fourth-order valence-corrected chi connectivity index (χ4v) is 3.22. The van der Waals surface area contributed by atoms with Crippen molar-refractivity contribution >= 4 is 27.3 Å². The molecule has 20 heavy (non-hydrogen) atoms. The Labute approximate surface area is 123 Å². The van der Waals surface area contributed by atoms with Gasteiger partial charge in [-0.3, -0.25) is 4.72 Å². The summed E-state index contributed by atoms with van der Waals surface area (Å²) in [6.07, 6.45) is 0. The molecule has 0 bridgehead atoms. The van der Waals surface area contributed by atoms with Crippen molar-refractivity contribution in [3.8, 4) is 5.75 Å². The Kier molecular flexibility index (Phi) is 4.52. The fraction of sp³-hybridized carbons (Fsp3) is 0.143. The molecule has 0 aromatic heterocycles. The van der Waals surface area contributed by atoms with E-state index in [1.807, 2.05) is 0 Å². The van der Waals surface area contributed by atoms with Gasteiger partial charge in [0.25, 0.3) is 0 Å². The predicted molar refractivity (Wildman–Crippen MR) is 80.7 cm³/mol. The van der Waals surface area contributed by atoms with Crippen molar-refractivity contribution in [2.24, 2.45) is 0 Å². The van der Waals surface area contributed by atoms with Gasteiger partial charge in [0.05, 0.1) is 18.6 Å².